The van der Waals surface area contributed by atoms with Gasteiger partial charge in [-0.2, -0.15) is 0 Å². The lowest BCUT2D eigenvalue weighted by molar-refractivity contribution is 1.23. The number of fused-ring (bicyclic) bond motifs is 1. The summed E-state index contributed by atoms with van der Waals surface area (Å²) in [5, 5.41) is 1.68. The summed E-state index contributed by atoms with van der Waals surface area (Å²) in [7, 11) is 0. The maximum Gasteiger partial charge on any atom is 0.138 e. The normalized spacial score (nSPS) is 10.9. The van der Waals surface area contributed by atoms with Crippen molar-refractivity contribution in [3.63, 3.8) is 0 Å². The topological polar surface area (TPSA) is 28.7 Å². The number of rotatable bonds is 0. The lowest BCUT2D eigenvalue weighted by Crippen LogP contribution is -1.79. The van der Waals surface area contributed by atoms with E-state index in [2.05, 4.69) is 25.9 Å². The summed E-state index contributed by atoms with van der Waals surface area (Å²) in [6.45, 7) is 1.99. The molecule has 2 rings (SSSR count). The summed E-state index contributed by atoms with van der Waals surface area (Å²) in [4.78, 5) is 7.35. The Morgan fingerprint density at radius 3 is 3.00 bits per heavy atom. The van der Waals surface area contributed by atoms with Crippen molar-refractivity contribution in [3.05, 3.63) is 27.5 Å². The Balaban J connectivity index is 2.83. The van der Waals surface area contributed by atoms with Crippen molar-refractivity contribution in [3.8, 4) is 0 Å². The molecule has 0 aliphatic carbocycles. The van der Waals surface area contributed by atoms with Crippen LogP contribution in [-0.4, -0.2) is 9.97 Å². The zero-order chi connectivity index (χ0) is 8.72. The molecule has 0 saturated carbocycles. The molecule has 0 unspecified atom stereocenters. The second-order valence-corrected chi connectivity index (χ2v) is 3.81. The molecule has 0 aliphatic rings. The van der Waals surface area contributed by atoms with Crippen molar-refractivity contribution < 1.29 is 0 Å². The summed E-state index contributed by atoms with van der Waals surface area (Å²) < 4.78 is 0.679. The summed E-state index contributed by atoms with van der Waals surface area (Å²) in [5.74, 6) is 0. The van der Waals surface area contributed by atoms with Crippen LogP contribution in [0.25, 0.3) is 11.0 Å². The molecule has 62 valence electrons. The number of hydrogen-bond donors (Lipinski definition) is 1. The molecule has 12 heavy (non-hydrogen) atoms. The Hall–Kier alpha value is -0.540. The van der Waals surface area contributed by atoms with Gasteiger partial charge in [0.2, 0.25) is 0 Å². The molecule has 0 atom stereocenters. The summed E-state index contributed by atoms with van der Waals surface area (Å²) >= 11 is 9.14. The number of aryl methyl sites for hydroxylation is 1. The zero-order valence-corrected chi connectivity index (χ0v) is 8.70. The van der Waals surface area contributed by atoms with E-state index < -0.39 is 0 Å². The smallest absolute Gasteiger partial charge is 0.138 e. The lowest BCUT2D eigenvalue weighted by atomic mass is 10.3. The largest absolute Gasteiger partial charge is 0.344 e. The minimum Gasteiger partial charge on any atom is -0.344 e. The zero-order valence-electron chi connectivity index (χ0n) is 6.36. The van der Waals surface area contributed by atoms with Gasteiger partial charge in [0.25, 0.3) is 0 Å². The predicted octanol–water partition coefficient (Wildman–Crippen LogP) is 3.29. The maximum atomic E-state index is 5.87. The van der Waals surface area contributed by atoms with Gasteiger partial charge >= 0.3 is 0 Å². The van der Waals surface area contributed by atoms with Crippen LogP contribution in [0.4, 0.5) is 0 Å². The minimum absolute atomic E-state index is 0.640. The van der Waals surface area contributed by atoms with Crippen LogP contribution in [0.2, 0.25) is 5.02 Å². The predicted molar refractivity (Wildman–Crippen MR) is 53.5 cm³/mol. The first-order chi connectivity index (χ1) is 5.66. The van der Waals surface area contributed by atoms with Gasteiger partial charge in [0, 0.05) is 11.1 Å². The van der Waals surface area contributed by atoms with E-state index in [1.165, 1.54) is 0 Å². The second-order valence-electron chi connectivity index (χ2n) is 2.65. The van der Waals surface area contributed by atoms with Crippen LogP contribution in [0.1, 0.15) is 5.69 Å². The van der Waals surface area contributed by atoms with Gasteiger partial charge in [0.05, 0.1) is 5.02 Å². The molecule has 0 radical (unpaired) electrons. The Morgan fingerprint density at radius 2 is 2.25 bits per heavy atom. The molecule has 1 N–H and O–H groups in total. The molecule has 0 amide bonds. The van der Waals surface area contributed by atoms with Crippen LogP contribution in [0.3, 0.4) is 0 Å². The number of nitrogens with one attached hydrogen (secondary N) is 1. The molecule has 4 heteroatoms. The third kappa shape index (κ3) is 1.23. The van der Waals surface area contributed by atoms with Crippen LogP contribution >= 0.6 is 27.5 Å². The number of hydrogen-bond acceptors (Lipinski definition) is 1. The molecule has 2 nitrogen and oxygen atoms in total. The van der Waals surface area contributed by atoms with Gasteiger partial charge < -0.3 is 4.98 Å². The molecule has 2 aromatic rings. The molecule has 2 heterocycles. The number of nitrogens with zero attached hydrogens (tertiary/aromatic N) is 1. The number of aromatic nitrogens is 2. The van der Waals surface area contributed by atoms with E-state index in [-0.39, 0.29) is 0 Å². The van der Waals surface area contributed by atoms with E-state index in [9.17, 15) is 0 Å². The van der Waals surface area contributed by atoms with Crippen molar-refractivity contribution in [2.24, 2.45) is 0 Å². The van der Waals surface area contributed by atoms with Crippen molar-refractivity contribution in [1.82, 2.24) is 9.97 Å². The molecule has 0 saturated heterocycles. The first kappa shape index (κ1) is 8.08. The maximum absolute atomic E-state index is 5.87. The van der Waals surface area contributed by atoms with E-state index >= 15 is 0 Å². The molecular weight excluding hydrogens is 239 g/mol. The highest BCUT2D eigenvalue weighted by Crippen LogP contribution is 2.24. The highest BCUT2D eigenvalue weighted by atomic mass is 79.9. The van der Waals surface area contributed by atoms with Gasteiger partial charge in [-0.25, -0.2) is 4.98 Å². The Bertz CT molecular complexity index is 397. The van der Waals surface area contributed by atoms with E-state index in [4.69, 9.17) is 11.6 Å². The van der Waals surface area contributed by atoms with Gasteiger partial charge in [-0.05, 0) is 35.0 Å². The van der Waals surface area contributed by atoms with E-state index in [0.717, 1.165) is 16.7 Å². The van der Waals surface area contributed by atoms with E-state index in [0.29, 0.717) is 9.63 Å². The van der Waals surface area contributed by atoms with Gasteiger partial charge in [-0.1, -0.05) is 11.6 Å². The molecular formula is C8H6BrClN2. The SMILES string of the molecule is Cc1cc2cc(Cl)c(Br)nc2[nH]1. The third-order valence-corrected chi connectivity index (χ3v) is 2.77. The molecule has 0 fully saturated rings. The Morgan fingerprint density at radius 1 is 1.50 bits per heavy atom. The van der Waals surface area contributed by atoms with Gasteiger partial charge in [0.1, 0.15) is 10.3 Å². The molecule has 0 aliphatic heterocycles. The summed E-state index contributed by atoms with van der Waals surface area (Å²) in [6.07, 6.45) is 0. The monoisotopic (exact) mass is 244 g/mol. The highest BCUT2D eigenvalue weighted by molar-refractivity contribution is 9.10. The molecule has 2 aromatic heterocycles. The standard InChI is InChI=1S/C8H6BrClN2/c1-4-2-5-3-6(10)7(9)12-8(5)11-4/h2-3H,1H3,(H,11,12). The number of halogens is 2. The Labute approximate surface area is 83.1 Å². The van der Waals surface area contributed by atoms with E-state index in [1.807, 2.05) is 19.1 Å². The van der Waals surface area contributed by atoms with Crippen LogP contribution in [0, 0.1) is 6.92 Å². The number of H-pyrrole nitrogens is 1. The van der Waals surface area contributed by atoms with Gasteiger partial charge in [-0.3, -0.25) is 0 Å². The molecule has 0 spiro atoms. The fourth-order valence-corrected chi connectivity index (χ4v) is 1.60. The van der Waals surface area contributed by atoms with Gasteiger partial charge in [-0.15, -0.1) is 0 Å². The highest BCUT2D eigenvalue weighted by Gasteiger charge is 2.03. The van der Waals surface area contributed by atoms with Gasteiger partial charge in [0.15, 0.2) is 0 Å². The molecule has 0 aromatic carbocycles. The van der Waals surface area contributed by atoms with Crippen molar-refractivity contribution in [1.29, 1.82) is 0 Å². The van der Waals surface area contributed by atoms with E-state index in [1.54, 1.807) is 0 Å². The van der Waals surface area contributed by atoms with Crippen molar-refractivity contribution in [2.75, 3.05) is 0 Å². The fourth-order valence-electron chi connectivity index (χ4n) is 1.15. The summed E-state index contributed by atoms with van der Waals surface area (Å²) in [5.41, 5.74) is 1.95. The van der Waals surface area contributed by atoms with Crippen molar-refractivity contribution in [2.45, 2.75) is 6.92 Å². The lowest BCUT2D eigenvalue weighted by Gasteiger charge is -1.93. The Kier molecular flexibility index (Phi) is 1.85. The second kappa shape index (κ2) is 2.75. The number of pyridine rings is 1. The van der Waals surface area contributed by atoms with Crippen LogP contribution in [-0.2, 0) is 0 Å². The first-order valence-corrected chi connectivity index (χ1v) is 4.65. The first-order valence-electron chi connectivity index (χ1n) is 3.48. The summed E-state index contributed by atoms with van der Waals surface area (Å²) in [6, 6.07) is 3.90. The van der Waals surface area contributed by atoms with Crippen molar-refractivity contribution >= 4 is 38.6 Å². The average Bonchev–Trinajstić information content (AvgIpc) is 2.30. The van der Waals surface area contributed by atoms with Crippen LogP contribution < -0.4 is 0 Å². The van der Waals surface area contributed by atoms with Crippen LogP contribution in [0.15, 0.2) is 16.7 Å². The fraction of sp³-hybridized carbons (Fsp3) is 0.125. The third-order valence-electron chi connectivity index (χ3n) is 1.65. The number of aromatic amines is 1. The minimum atomic E-state index is 0.640. The molecule has 0 bridgehead atoms. The quantitative estimate of drug-likeness (QED) is 0.709. The van der Waals surface area contributed by atoms with Crippen LogP contribution in [0.5, 0.6) is 0 Å². The average molecular weight is 246 g/mol.